The Hall–Kier alpha value is -1.02. The monoisotopic (exact) mass is 177 g/mol. The zero-order valence-corrected chi connectivity index (χ0v) is 7.92. The Morgan fingerprint density at radius 2 is 2.31 bits per heavy atom. The van der Waals surface area contributed by atoms with Crippen molar-refractivity contribution in [3.05, 3.63) is 29.3 Å². The van der Waals surface area contributed by atoms with E-state index < -0.39 is 0 Å². The Bertz CT molecular complexity index is 307. The summed E-state index contributed by atoms with van der Waals surface area (Å²) in [5, 5.41) is 0. The third-order valence-electron chi connectivity index (χ3n) is 2.45. The number of ether oxygens (including phenoxy) is 1. The lowest BCUT2D eigenvalue weighted by molar-refractivity contribution is 0.284. The molecule has 70 valence electrons. The summed E-state index contributed by atoms with van der Waals surface area (Å²) in [4.78, 5) is 0. The number of nitrogens with two attached hydrogens (primary N) is 1. The second-order valence-electron chi connectivity index (χ2n) is 3.58. The third-order valence-corrected chi connectivity index (χ3v) is 2.45. The van der Waals surface area contributed by atoms with E-state index in [1.54, 1.807) is 0 Å². The Labute approximate surface area is 78.7 Å². The van der Waals surface area contributed by atoms with E-state index in [0.717, 1.165) is 30.8 Å². The largest absolute Gasteiger partial charge is 0.493 e. The second-order valence-corrected chi connectivity index (χ2v) is 3.58. The van der Waals surface area contributed by atoms with Gasteiger partial charge in [-0.3, -0.25) is 0 Å². The van der Waals surface area contributed by atoms with Gasteiger partial charge in [-0.2, -0.15) is 0 Å². The minimum absolute atomic E-state index is 0.0630. The predicted octanol–water partition coefficient (Wildman–Crippen LogP) is 2.03. The van der Waals surface area contributed by atoms with Crippen LogP contribution in [0.3, 0.4) is 0 Å². The number of hydrogen-bond donors (Lipinski definition) is 1. The number of fused-ring (bicyclic) bond motifs is 1. The van der Waals surface area contributed by atoms with Crippen molar-refractivity contribution in [2.45, 2.75) is 25.8 Å². The first kappa shape index (κ1) is 8.57. The maximum atomic E-state index is 5.86. The van der Waals surface area contributed by atoms with E-state index in [0.29, 0.717) is 0 Å². The normalized spacial score (nSPS) is 17.4. The van der Waals surface area contributed by atoms with Gasteiger partial charge in [-0.1, -0.05) is 18.2 Å². The number of para-hydroxylation sites is 1. The van der Waals surface area contributed by atoms with Crippen molar-refractivity contribution in [1.82, 2.24) is 0 Å². The maximum absolute atomic E-state index is 5.86. The lowest BCUT2D eigenvalue weighted by atomic mass is 9.99. The van der Waals surface area contributed by atoms with Crippen molar-refractivity contribution in [3.8, 4) is 5.75 Å². The quantitative estimate of drug-likeness (QED) is 0.712. The number of hydrogen-bond acceptors (Lipinski definition) is 2. The molecule has 0 saturated carbocycles. The molecule has 1 aliphatic rings. The second kappa shape index (κ2) is 3.38. The zero-order chi connectivity index (χ0) is 9.26. The zero-order valence-electron chi connectivity index (χ0n) is 7.92. The van der Waals surface area contributed by atoms with Crippen LogP contribution in [0.5, 0.6) is 5.75 Å². The van der Waals surface area contributed by atoms with Crippen molar-refractivity contribution >= 4 is 0 Å². The molecule has 0 spiro atoms. The average Bonchev–Trinajstić information content (AvgIpc) is 2.17. The van der Waals surface area contributed by atoms with E-state index in [9.17, 15) is 0 Å². The first-order valence-electron chi connectivity index (χ1n) is 4.79. The molecule has 0 saturated heterocycles. The molecule has 0 amide bonds. The highest BCUT2D eigenvalue weighted by molar-refractivity contribution is 5.44. The van der Waals surface area contributed by atoms with Crippen molar-refractivity contribution in [2.75, 3.05) is 6.61 Å². The highest BCUT2D eigenvalue weighted by Crippen LogP contribution is 2.31. The fourth-order valence-electron chi connectivity index (χ4n) is 1.77. The van der Waals surface area contributed by atoms with Crippen LogP contribution in [-0.4, -0.2) is 6.61 Å². The minimum Gasteiger partial charge on any atom is -0.493 e. The highest BCUT2D eigenvalue weighted by atomic mass is 16.5. The van der Waals surface area contributed by atoms with Crippen LogP contribution < -0.4 is 10.5 Å². The molecule has 1 heterocycles. The Kier molecular flexibility index (Phi) is 2.23. The van der Waals surface area contributed by atoms with Crippen molar-refractivity contribution < 1.29 is 4.74 Å². The molecule has 1 atom stereocenters. The molecule has 0 fully saturated rings. The Morgan fingerprint density at radius 1 is 1.46 bits per heavy atom. The summed E-state index contributed by atoms with van der Waals surface area (Å²) >= 11 is 0. The molecule has 2 heteroatoms. The van der Waals surface area contributed by atoms with Crippen LogP contribution in [0.4, 0.5) is 0 Å². The van der Waals surface area contributed by atoms with Crippen LogP contribution in [0, 0.1) is 0 Å². The van der Waals surface area contributed by atoms with E-state index in [1.807, 2.05) is 6.92 Å². The van der Waals surface area contributed by atoms with Gasteiger partial charge < -0.3 is 10.5 Å². The molecule has 0 aromatic heterocycles. The van der Waals surface area contributed by atoms with E-state index in [-0.39, 0.29) is 6.04 Å². The summed E-state index contributed by atoms with van der Waals surface area (Å²) in [5.74, 6) is 1.03. The van der Waals surface area contributed by atoms with Crippen LogP contribution in [0.2, 0.25) is 0 Å². The van der Waals surface area contributed by atoms with Gasteiger partial charge in [0.15, 0.2) is 0 Å². The van der Waals surface area contributed by atoms with Crippen LogP contribution >= 0.6 is 0 Å². The van der Waals surface area contributed by atoms with Gasteiger partial charge in [-0.25, -0.2) is 0 Å². The van der Waals surface area contributed by atoms with E-state index in [4.69, 9.17) is 10.5 Å². The average molecular weight is 177 g/mol. The predicted molar refractivity (Wildman–Crippen MR) is 52.9 cm³/mol. The van der Waals surface area contributed by atoms with Crippen molar-refractivity contribution in [2.24, 2.45) is 5.73 Å². The number of rotatable bonds is 1. The standard InChI is InChI=1S/C11H15NO/c1-8(12)10-6-2-4-9-5-3-7-13-11(9)10/h2,4,6,8H,3,5,7,12H2,1H3/t8-/m1/s1. The molecule has 2 N–H and O–H groups in total. The van der Waals surface area contributed by atoms with Gasteiger partial charge in [0.05, 0.1) is 6.61 Å². The fourth-order valence-corrected chi connectivity index (χ4v) is 1.77. The first-order chi connectivity index (χ1) is 6.29. The molecule has 13 heavy (non-hydrogen) atoms. The molecule has 2 rings (SSSR count). The molecular weight excluding hydrogens is 162 g/mol. The Morgan fingerprint density at radius 3 is 3.08 bits per heavy atom. The number of benzene rings is 1. The summed E-state index contributed by atoms with van der Waals surface area (Å²) in [6.07, 6.45) is 2.24. The van der Waals surface area contributed by atoms with Crippen LogP contribution in [-0.2, 0) is 6.42 Å². The molecule has 1 aliphatic heterocycles. The maximum Gasteiger partial charge on any atom is 0.127 e. The van der Waals surface area contributed by atoms with E-state index >= 15 is 0 Å². The van der Waals surface area contributed by atoms with E-state index in [1.165, 1.54) is 5.56 Å². The molecular formula is C11H15NO. The first-order valence-corrected chi connectivity index (χ1v) is 4.79. The van der Waals surface area contributed by atoms with Crippen LogP contribution in [0.1, 0.15) is 30.5 Å². The van der Waals surface area contributed by atoms with E-state index in [2.05, 4.69) is 18.2 Å². The topological polar surface area (TPSA) is 35.2 Å². The Balaban J connectivity index is 2.46. The summed E-state index contributed by atoms with van der Waals surface area (Å²) in [6, 6.07) is 6.30. The lowest BCUT2D eigenvalue weighted by Gasteiger charge is -2.21. The summed E-state index contributed by atoms with van der Waals surface area (Å²) < 4.78 is 5.64. The molecule has 1 aromatic rings. The minimum atomic E-state index is 0.0630. The molecule has 0 bridgehead atoms. The smallest absolute Gasteiger partial charge is 0.127 e. The summed E-state index contributed by atoms with van der Waals surface area (Å²) in [6.45, 7) is 2.82. The molecule has 0 radical (unpaired) electrons. The molecule has 0 unspecified atom stereocenters. The van der Waals surface area contributed by atoms with Crippen LogP contribution in [0.15, 0.2) is 18.2 Å². The molecule has 1 aromatic carbocycles. The van der Waals surface area contributed by atoms with Gasteiger partial charge in [0.1, 0.15) is 5.75 Å². The van der Waals surface area contributed by atoms with Gasteiger partial charge in [-0.15, -0.1) is 0 Å². The van der Waals surface area contributed by atoms with Crippen molar-refractivity contribution in [3.63, 3.8) is 0 Å². The van der Waals surface area contributed by atoms with Gasteiger partial charge in [0, 0.05) is 11.6 Å². The molecule has 2 nitrogen and oxygen atoms in total. The SMILES string of the molecule is C[C@@H](N)c1cccc2c1OCCC2. The summed E-state index contributed by atoms with van der Waals surface area (Å²) in [7, 11) is 0. The molecule has 0 aliphatic carbocycles. The summed E-state index contributed by atoms with van der Waals surface area (Å²) in [5.41, 5.74) is 8.30. The fraction of sp³-hybridized carbons (Fsp3) is 0.455. The van der Waals surface area contributed by atoms with Gasteiger partial charge in [-0.05, 0) is 25.3 Å². The lowest BCUT2D eigenvalue weighted by Crippen LogP contribution is -2.14. The van der Waals surface area contributed by atoms with Crippen LogP contribution in [0.25, 0.3) is 0 Å². The van der Waals surface area contributed by atoms with Gasteiger partial charge in [0.2, 0.25) is 0 Å². The highest BCUT2D eigenvalue weighted by Gasteiger charge is 2.15. The van der Waals surface area contributed by atoms with Gasteiger partial charge in [0.25, 0.3) is 0 Å². The van der Waals surface area contributed by atoms with Crippen molar-refractivity contribution in [1.29, 1.82) is 0 Å². The number of aryl methyl sites for hydroxylation is 1. The van der Waals surface area contributed by atoms with Gasteiger partial charge >= 0.3 is 0 Å². The third kappa shape index (κ3) is 1.54.